The van der Waals surface area contributed by atoms with E-state index in [0.717, 1.165) is 18.4 Å². The van der Waals surface area contributed by atoms with Gasteiger partial charge in [0.15, 0.2) is 0 Å². The molecule has 25 heavy (non-hydrogen) atoms. The maximum Gasteiger partial charge on any atom is 0.240 e. The van der Waals surface area contributed by atoms with Crippen LogP contribution in [0.3, 0.4) is 0 Å². The summed E-state index contributed by atoms with van der Waals surface area (Å²) >= 11 is 0. The quantitative estimate of drug-likeness (QED) is 0.593. The van der Waals surface area contributed by atoms with Crippen molar-refractivity contribution in [3.63, 3.8) is 0 Å². The summed E-state index contributed by atoms with van der Waals surface area (Å²) in [4.78, 5) is 12.1. The first-order chi connectivity index (χ1) is 11.9. The second-order valence-corrected chi connectivity index (χ2v) is 8.07. The number of nitrogens with one attached hydrogen (secondary N) is 3. The van der Waals surface area contributed by atoms with Crippen molar-refractivity contribution < 1.29 is 17.9 Å². The number of rotatable bonds is 9. The number of amides is 1. The van der Waals surface area contributed by atoms with E-state index in [4.69, 9.17) is 4.74 Å². The molecule has 1 fully saturated rings. The Labute approximate surface area is 149 Å². The molecule has 1 aromatic rings. The van der Waals surface area contributed by atoms with Gasteiger partial charge in [0.25, 0.3) is 0 Å². The van der Waals surface area contributed by atoms with Crippen LogP contribution >= 0.6 is 0 Å². The van der Waals surface area contributed by atoms with Crippen molar-refractivity contribution in [2.75, 3.05) is 26.7 Å². The summed E-state index contributed by atoms with van der Waals surface area (Å²) in [5.74, 6) is -0.157. The summed E-state index contributed by atoms with van der Waals surface area (Å²) in [5, 5.41) is 5.80. The Balaban J connectivity index is 1.86. The molecule has 1 saturated heterocycles. The first kappa shape index (κ1) is 19.8. The van der Waals surface area contributed by atoms with Crippen molar-refractivity contribution >= 4 is 15.9 Å². The third-order valence-electron chi connectivity index (χ3n) is 4.18. The van der Waals surface area contributed by atoms with Gasteiger partial charge in [0.1, 0.15) is 0 Å². The summed E-state index contributed by atoms with van der Waals surface area (Å²) in [6.45, 7) is 3.82. The summed E-state index contributed by atoms with van der Waals surface area (Å²) in [7, 11) is -1.74. The third-order valence-corrected chi connectivity index (χ3v) is 5.62. The molecule has 0 saturated carbocycles. The molecule has 2 atom stereocenters. The average molecular weight is 369 g/mol. The Morgan fingerprint density at radius 1 is 1.32 bits per heavy atom. The lowest BCUT2D eigenvalue weighted by Gasteiger charge is -2.13. The molecular formula is C17H27N3O4S. The minimum Gasteiger partial charge on any atom is -0.377 e. The molecule has 1 amide bonds. The van der Waals surface area contributed by atoms with E-state index >= 15 is 0 Å². The molecule has 1 aliphatic heterocycles. The van der Waals surface area contributed by atoms with E-state index in [1.165, 1.54) is 0 Å². The lowest BCUT2D eigenvalue weighted by atomic mass is 10.1. The van der Waals surface area contributed by atoms with Gasteiger partial charge in [-0.3, -0.25) is 4.79 Å². The van der Waals surface area contributed by atoms with Gasteiger partial charge in [-0.1, -0.05) is 19.1 Å². The van der Waals surface area contributed by atoms with Crippen molar-refractivity contribution in [2.45, 2.75) is 37.3 Å². The maximum absolute atomic E-state index is 12.3. The predicted molar refractivity (Wildman–Crippen MR) is 95.5 cm³/mol. The van der Waals surface area contributed by atoms with Crippen LogP contribution in [0, 0.1) is 5.92 Å². The van der Waals surface area contributed by atoms with Crippen molar-refractivity contribution in [2.24, 2.45) is 5.92 Å². The molecule has 0 aromatic heterocycles. The standard InChI is InChI=1S/C17H27N3O4S/c1-13(10-18-2)17(21)19-11-14-5-7-16(8-6-14)25(22,23)20-12-15-4-3-9-24-15/h5-8,13,15,18,20H,3-4,9-12H2,1-2H3,(H,19,21). The number of carbonyl (C=O) groups is 1. The lowest BCUT2D eigenvalue weighted by Crippen LogP contribution is -2.34. The van der Waals surface area contributed by atoms with Crippen molar-refractivity contribution in [3.8, 4) is 0 Å². The Hall–Kier alpha value is -1.48. The first-order valence-electron chi connectivity index (χ1n) is 8.55. The fraction of sp³-hybridized carbons (Fsp3) is 0.588. The molecule has 0 aliphatic carbocycles. The van der Waals surface area contributed by atoms with E-state index in [1.807, 2.05) is 6.92 Å². The van der Waals surface area contributed by atoms with Gasteiger partial charge in [-0.15, -0.1) is 0 Å². The van der Waals surface area contributed by atoms with Crippen LogP contribution in [0.1, 0.15) is 25.3 Å². The van der Waals surface area contributed by atoms with E-state index in [0.29, 0.717) is 26.2 Å². The Kier molecular flexibility index (Phi) is 7.37. The molecule has 2 rings (SSSR count). The zero-order valence-electron chi connectivity index (χ0n) is 14.7. The Bertz CT molecular complexity index is 655. The van der Waals surface area contributed by atoms with Crippen molar-refractivity contribution in [1.29, 1.82) is 0 Å². The Morgan fingerprint density at radius 3 is 2.64 bits per heavy atom. The number of benzene rings is 1. The number of ether oxygens (including phenoxy) is 1. The van der Waals surface area contributed by atoms with Crippen LogP contribution in [0.25, 0.3) is 0 Å². The highest BCUT2D eigenvalue weighted by Gasteiger charge is 2.20. The Morgan fingerprint density at radius 2 is 2.04 bits per heavy atom. The third kappa shape index (κ3) is 6.07. The molecule has 3 N–H and O–H groups in total. The lowest BCUT2D eigenvalue weighted by molar-refractivity contribution is -0.124. The topological polar surface area (TPSA) is 96.5 Å². The highest BCUT2D eigenvalue weighted by atomic mass is 32.2. The molecule has 1 aliphatic rings. The largest absolute Gasteiger partial charge is 0.377 e. The van der Waals surface area contributed by atoms with Crippen LogP contribution < -0.4 is 15.4 Å². The van der Waals surface area contributed by atoms with Crippen LogP contribution in [-0.4, -0.2) is 47.2 Å². The van der Waals surface area contributed by atoms with Gasteiger partial charge >= 0.3 is 0 Å². The SMILES string of the molecule is CNCC(C)C(=O)NCc1ccc(S(=O)(=O)NCC2CCCO2)cc1. The van der Waals surface area contributed by atoms with Crippen LogP contribution in [0.2, 0.25) is 0 Å². The smallest absolute Gasteiger partial charge is 0.240 e. The zero-order valence-corrected chi connectivity index (χ0v) is 15.6. The second kappa shape index (κ2) is 9.28. The maximum atomic E-state index is 12.3. The summed E-state index contributed by atoms with van der Waals surface area (Å²) in [5.41, 5.74) is 0.850. The second-order valence-electron chi connectivity index (χ2n) is 6.31. The highest BCUT2D eigenvalue weighted by Crippen LogP contribution is 2.14. The van der Waals surface area contributed by atoms with E-state index in [1.54, 1.807) is 31.3 Å². The molecule has 140 valence electrons. The van der Waals surface area contributed by atoms with Gasteiger partial charge in [0.2, 0.25) is 15.9 Å². The predicted octanol–water partition coefficient (Wildman–Crippen LogP) is 0.616. The molecule has 2 unspecified atom stereocenters. The van der Waals surface area contributed by atoms with Gasteiger partial charge in [-0.05, 0) is 37.6 Å². The van der Waals surface area contributed by atoms with E-state index in [2.05, 4.69) is 15.4 Å². The van der Waals surface area contributed by atoms with Crippen LogP contribution in [0.5, 0.6) is 0 Å². The number of sulfonamides is 1. The fourth-order valence-corrected chi connectivity index (χ4v) is 3.71. The number of hydrogen-bond acceptors (Lipinski definition) is 5. The molecule has 0 spiro atoms. The highest BCUT2D eigenvalue weighted by molar-refractivity contribution is 7.89. The van der Waals surface area contributed by atoms with Crippen LogP contribution in [0.4, 0.5) is 0 Å². The van der Waals surface area contributed by atoms with Crippen molar-refractivity contribution in [1.82, 2.24) is 15.4 Å². The van der Waals surface area contributed by atoms with Gasteiger partial charge < -0.3 is 15.4 Å². The molecule has 0 radical (unpaired) electrons. The van der Waals surface area contributed by atoms with Crippen LogP contribution in [-0.2, 0) is 26.1 Å². The van der Waals surface area contributed by atoms with E-state index < -0.39 is 10.0 Å². The minimum absolute atomic E-state index is 0.0377. The van der Waals surface area contributed by atoms with Crippen LogP contribution in [0.15, 0.2) is 29.2 Å². The molecule has 1 heterocycles. The summed E-state index contributed by atoms with van der Waals surface area (Å²) in [6, 6.07) is 6.53. The molecular weight excluding hydrogens is 342 g/mol. The summed E-state index contributed by atoms with van der Waals surface area (Å²) < 4.78 is 32.6. The molecule has 0 bridgehead atoms. The van der Waals surface area contributed by atoms with E-state index in [-0.39, 0.29) is 22.8 Å². The molecule has 8 heteroatoms. The first-order valence-corrected chi connectivity index (χ1v) is 10.0. The number of hydrogen-bond donors (Lipinski definition) is 3. The van der Waals surface area contributed by atoms with Gasteiger partial charge in [0.05, 0.1) is 11.0 Å². The zero-order chi connectivity index (χ0) is 18.3. The average Bonchev–Trinajstić information content (AvgIpc) is 3.12. The number of carbonyl (C=O) groups excluding carboxylic acids is 1. The minimum atomic E-state index is -3.54. The molecule has 1 aromatic carbocycles. The monoisotopic (exact) mass is 369 g/mol. The van der Waals surface area contributed by atoms with Gasteiger partial charge in [0, 0.05) is 32.2 Å². The normalized spacial score (nSPS) is 18.9. The fourth-order valence-electron chi connectivity index (χ4n) is 2.64. The van der Waals surface area contributed by atoms with Gasteiger partial charge in [-0.25, -0.2) is 13.1 Å². The molecule has 7 nitrogen and oxygen atoms in total. The van der Waals surface area contributed by atoms with Crippen molar-refractivity contribution in [3.05, 3.63) is 29.8 Å². The van der Waals surface area contributed by atoms with E-state index in [9.17, 15) is 13.2 Å². The summed E-state index contributed by atoms with van der Waals surface area (Å²) in [6.07, 6.45) is 1.82. The van der Waals surface area contributed by atoms with Gasteiger partial charge in [-0.2, -0.15) is 0 Å².